The number of sulfone groups is 1. The van der Waals surface area contributed by atoms with Crippen molar-refractivity contribution in [3.8, 4) is 22.4 Å². The Morgan fingerprint density at radius 2 is 1.54 bits per heavy atom. The summed E-state index contributed by atoms with van der Waals surface area (Å²) < 4.78 is 38.5. The Balaban J connectivity index is 1.95. The number of hydrogen-bond donors (Lipinski definition) is 0. The number of hydrogen-bond acceptors (Lipinski definition) is 3. The van der Waals surface area contributed by atoms with Crippen LogP contribution in [0.2, 0.25) is 0 Å². The first-order valence-electron chi connectivity index (χ1n) is 7.97. The summed E-state index contributed by atoms with van der Waals surface area (Å²) >= 11 is 0. The molecule has 130 valence electrons. The standard InChI is InChI=1S/C20H15FN2O2S/c1-26(24,25)17-11-7-15(8-12-17)20-19(14-5-9-16(21)10-6-14)18-4-2-3-13-23(18)22-20/h2-13H,1H3. The van der Waals surface area contributed by atoms with Crippen molar-refractivity contribution in [3.63, 3.8) is 0 Å². The summed E-state index contributed by atoms with van der Waals surface area (Å²) in [6.07, 6.45) is 3.02. The maximum absolute atomic E-state index is 13.3. The van der Waals surface area contributed by atoms with E-state index in [-0.39, 0.29) is 10.7 Å². The van der Waals surface area contributed by atoms with Gasteiger partial charge in [0, 0.05) is 23.6 Å². The molecule has 2 aromatic heterocycles. The second kappa shape index (κ2) is 6.07. The Hall–Kier alpha value is -2.99. The Morgan fingerprint density at radius 1 is 0.885 bits per heavy atom. The summed E-state index contributed by atoms with van der Waals surface area (Å²) in [5.74, 6) is -0.302. The van der Waals surface area contributed by atoms with Gasteiger partial charge in [0.2, 0.25) is 0 Å². The van der Waals surface area contributed by atoms with Crippen molar-refractivity contribution in [3.05, 3.63) is 78.7 Å². The molecule has 6 heteroatoms. The van der Waals surface area contributed by atoms with Gasteiger partial charge in [0.25, 0.3) is 0 Å². The van der Waals surface area contributed by atoms with Crippen LogP contribution >= 0.6 is 0 Å². The second-order valence-corrected chi connectivity index (χ2v) is 8.07. The molecule has 0 atom stereocenters. The minimum absolute atomic E-state index is 0.258. The molecule has 0 aliphatic rings. The van der Waals surface area contributed by atoms with E-state index in [1.807, 2.05) is 24.4 Å². The van der Waals surface area contributed by atoms with Gasteiger partial charge in [-0.15, -0.1) is 0 Å². The summed E-state index contributed by atoms with van der Waals surface area (Å²) in [7, 11) is -3.26. The average Bonchev–Trinajstić information content (AvgIpc) is 3.01. The van der Waals surface area contributed by atoms with Crippen molar-refractivity contribution in [2.24, 2.45) is 0 Å². The largest absolute Gasteiger partial charge is 0.240 e. The topological polar surface area (TPSA) is 51.4 Å². The maximum atomic E-state index is 13.3. The summed E-state index contributed by atoms with van der Waals surface area (Å²) in [5, 5.41) is 4.65. The lowest BCUT2D eigenvalue weighted by Gasteiger charge is -2.05. The molecule has 0 amide bonds. The van der Waals surface area contributed by atoms with E-state index in [2.05, 4.69) is 5.10 Å². The van der Waals surface area contributed by atoms with Crippen LogP contribution in [0, 0.1) is 5.82 Å². The first-order chi connectivity index (χ1) is 12.4. The lowest BCUT2D eigenvalue weighted by Crippen LogP contribution is -1.96. The third-order valence-corrected chi connectivity index (χ3v) is 5.36. The highest BCUT2D eigenvalue weighted by molar-refractivity contribution is 7.90. The van der Waals surface area contributed by atoms with Gasteiger partial charge < -0.3 is 0 Å². The molecule has 0 radical (unpaired) electrons. The number of benzene rings is 2. The van der Waals surface area contributed by atoms with E-state index in [1.54, 1.807) is 40.9 Å². The average molecular weight is 366 g/mol. The van der Waals surface area contributed by atoms with Crippen LogP contribution in [0.25, 0.3) is 27.9 Å². The molecule has 2 aromatic carbocycles. The molecular weight excluding hydrogens is 351 g/mol. The number of aromatic nitrogens is 2. The molecule has 26 heavy (non-hydrogen) atoms. The molecule has 4 nitrogen and oxygen atoms in total. The lowest BCUT2D eigenvalue weighted by molar-refractivity contribution is 0.602. The smallest absolute Gasteiger partial charge is 0.175 e. The summed E-state index contributed by atoms with van der Waals surface area (Å²) in [6.45, 7) is 0. The highest BCUT2D eigenvalue weighted by Crippen LogP contribution is 2.35. The van der Waals surface area contributed by atoms with Gasteiger partial charge in [-0.25, -0.2) is 17.3 Å². The molecule has 0 bridgehead atoms. The van der Waals surface area contributed by atoms with Crippen LogP contribution in [0.3, 0.4) is 0 Å². The van der Waals surface area contributed by atoms with Crippen molar-refractivity contribution in [1.29, 1.82) is 0 Å². The van der Waals surface area contributed by atoms with E-state index in [0.717, 1.165) is 22.2 Å². The number of nitrogens with zero attached hydrogens (tertiary/aromatic N) is 2. The number of fused-ring (bicyclic) bond motifs is 1. The molecule has 2 heterocycles. The molecule has 4 aromatic rings. The fourth-order valence-corrected chi connectivity index (χ4v) is 3.59. The van der Waals surface area contributed by atoms with E-state index < -0.39 is 9.84 Å². The van der Waals surface area contributed by atoms with Gasteiger partial charge in [-0.05, 0) is 42.0 Å². The fraction of sp³-hybridized carbons (Fsp3) is 0.0500. The van der Waals surface area contributed by atoms with Crippen molar-refractivity contribution >= 4 is 15.4 Å². The number of pyridine rings is 1. The van der Waals surface area contributed by atoms with Crippen LogP contribution in [-0.2, 0) is 9.84 Å². The number of rotatable bonds is 3. The molecule has 0 aliphatic heterocycles. The highest BCUT2D eigenvalue weighted by atomic mass is 32.2. The van der Waals surface area contributed by atoms with E-state index in [1.165, 1.54) is 18.4 Å². The first-order valence-corrected chi connectivity index (χ1v) is 9.86. The van der Waals surface area contributed by atoms with Gasteiger partial charge in [0.1, 0.15) is 11.5 Å². The maximum Gasteiger partial charge on any atom is 0.175 e. The molecule has 0 aliphatic carbocycles. The molecule has 4 rings (SSSR count). The third-order valence-electron chi connectivity index (χ3n) is 4.23. The monoisotopic (exact) mass is 366 g/mol. The predicted molar refractivity (Wildman–Crippen MR) is 99.1 cm³/mol. The molecular formula is C20H15FN2O2S. The van der Waals surface area contributed by atoms with Gasteiger partial charge >= 0.3 is 0 Å². The summed E-state index contributed by atoms with van der Waals surface area (Å²) in [5.41, 5.74) is 4.11. The first kappa shape index (κ1) is 16.5. The van der Waals surface area contributed by atoms with Gasteiger partial charge in [-0.3, -0.25) is 0 Å². The van der Waals surface area contributed by atoms with Crippen molar-refractivity contribution in [2.75, 3.05) is 6.26 Å². The zero-order valence-corrected chi connectivity index (χ0v) is 14.7. The highest BCUT2D eigenvalue weighted by Gasteiger charge is 2.17. The van der Waals surface area contributed by atoms with Crippen LogP contribution in [0.15, 0.2) is 77.8 Å². The number of halogens is 1. The zero-order valence-electron chi connectivity index (χ0n) is 13.9. The van der Waals surface area contributed by atoms with Crippen molar-refractivity contribution < 1.29 is 12.8 Å². The summed E-state index contributed by atoms with van der Waals surface area (Å²) in [6, 6.07) is 18.6. The van der Waals surface area contributed by atoms with Gasteiger partial charge in [0.15, 0.2) is 9.84 Å². The van der Waals surface area contributed by atoms with E-state index in [4.69, 9.17) is 0 Å². The van der Waals surface area contributed by atoms with E-state index in [9.17, 15) is 12.8 Å². The zero-order chi connectivity index (χ0) is 18.3. The van der Waals surface area contributed by atoms with Gasteiger partial charge in [0.05, 0.1) is 10.4 Å². The second-order valence-electron chi connectivity index (χ2n) is 6.06. The van der Waals surface area contributed by atoms with Crippen LogP contribution in [-0.4, -0.2) is 24.3 Å². The molecule has 0 saturated carbocycles. The normalized spacial score (nSPS) is 11.8. The van der Waals surface area contributed by atoms with Crippen molar-refractivity contribution in [2.45, 2.75) is 4.90 Å². The van der Waals surface area contributed by atoms with Crippen LogP contribution in [0.4, 0.5) is 4.39 Å². The van der Waals surface area contributed by atoms with Crippen LogP contribution in [0.5, 0.6) is 0 Å². The molecule has 0 saturated heterocycles. The Bertz CT molecular complexity index is 1200. The van der Waals surface area contributed by atoms with Crippen LogP contribution in [0.1, 0.15) is 0 Å². The quantitative estimate of drug-likeness (QED) is 0.546. The minimum atomic E-state index is -3.26. The Kier molecular flexibility index (Phi) is 3.85. The van der Waals surface area contributed by atoms with E-state index >= 15 is 0 Å². The van der Waals surface area contributed by atoms with E-state index in [0.29, 0.717) is 5.69 Å². The lowest BCUT2D eigenvalue weighted by atomic mass is 10.00. The molecule has 0 N–H and O–H groups in total. The summed E-state index contributed by atoms with van der Waals surface area (Å²) in [4.78, 5) is 0.258. The fourth-order valence-electron chi connectivity index (χ4n) is 2.96. The Labute approximate surface area is 150 Å². The SMILES string of the molecule is CS(=O)(=O)c1ccc(-c2nn3ccccc3c2-c2ccc(F)cc2)cc1. The Morgan fingerprint density at radius 3 is 2.19 bits per heavy atom. The predicted octanol–water partition coefficient (Wildman–Crippen LogP) is 4.21. The van der Waals surface area contributed by atoms with Gasteiger partial charge in [-0.1, -0.05) is 30.3 Å². The van der Waals surface area contributed by atoms with Crippen molar-refractivity contribution in [1.82, 2.24) is 9.61 Å². The third kappa shape index (κ3) is 2.88. The van der Waals surface area contributed by atoms with Crippen LogP contribution < -0.4 is 0 Å². The molecule has 0 unspecified atom stereocenters. The van der Waals surface area contributed by atoms with Gasteiger partial charge in [-0.2, -0.15) is 5.10 Å². The molecule has 0 spiro atoms. The molecule has 0 fully saturated rings. The minimum Gasteiger partial charge on any atom is -0.240 e.